The lowest BCUT2D eigenvalue weighted by Gasteiger charge is -2.28. The fraction of sp³-hybridized carbons (Fsp3) is 0.462. The molecule has 0 aliphatic carbocycles. The van der Waals surface area contributed by atoms with E-state index >= 15 is 0 Å². The Morgan fingerprint density at radius 2 is 2.06 bits per heavy atom. The number of benzene rings is 1. The number of esters is 1. The Kier molecular flexibility index (Phi) is 4.54. The molecule has 3 nitrogen and oxygen atoms in total. The number of rotatable bonds is 4. The maximum absolute atomic E-state index is 11.8. The van der Waals surface area contributed by atoms with E-state index in [0.29, 0.717) is 10.6 Å². The average molecular weight is 257 g/mol. The van der Waals surface area contributed by atoms with Crippen LogP contribution in [0.15, 0.2) is 24.3 Å². The van der Waals surface area contributed by atoms with Gasteiger partial charge in [0.05, 0.1) is 18.1 Å². The van der Waals surface area contributed by atoms with Gasteiger partial charge in [0.2, 0.25) is 0 Å². The monoisotopic (exact) mass is 256 g/mol. The molecule has 0 bridgehead atoms. The highest BCUT2D eigenvalue weighted by Gasteiger charge is 2.38. The summed E-state index contributed by atoms with van der Waals surface area (Å²) in [6, 6.07) is 6.93. The summed E-state index contributed by atoms with van der Waals surface area (Å²) >= 11 is 5.99. The predicted octanol–water partition coefficient (Wildman–Crippen LogP) is 2.96. The van der Waals surface area contributed by atoms with Crippen LogP contribution in [0.25, 0.3) is 0 Å². The summed E-state index contributed by atoms with van der Waals surface area (Å²) in [5, 5.41) is 10.7. The smallest absolute Gasteiger partial charge is 0.314 e. The molecular formula is C13H17ClO3. The van der Waals surface area contributed by atoms with Gasteiger partial charge < -0.3 is 9.84 Å². The molecule has 0 aliphatic heterocycles. The molecular weight excluding hydrogens is 240 g/mol. The summed E-state index contributed by atoms with van der Waals surface area (Å²) < 4.78 is 4.95. The highest BCUT2D eigenvalue weighted by atomic mass is 35.5. The quantitative estimate of drug-likeness (QED) is 0.843. The first-order valence-electron chi connectivity index (χ1n) is 5.51. The Labute approximate surface area is 106 Å². The molecule has 0 aromatic heterocycles. The molecule has 0 radical (unpaired) electrons. The van der Waals surface area contributed by atoms with E-state index in [1.54, 1.807) is 45.0 Å². The number of ether oxygens (including phenoxy) is 1. The van der Waals surface area contributed by atoms with Crippen molar-refractivity contribution in [2.24, 2.45) is 5.41 Å². The molecule has 1 unspecified atom stereocenters. The van der Waals surface area contributed by atoms with Gasteiger partial charge in [0, 0.05) is 10.6 Å². The molecule has 0 heterocycles. The maximum atomic E-state index is 11.8. The maximum Gasteiger partial charge on any atom is 0.314 e. The Hall–Kier alpha value is -1.06. The fourth-order valence-electron chi connectivity index (χ4n) is 1.51. The summed E-state index contributed by atoms with van der Waals surface area (Å²) in [5.41, 5.74) is -0.492. The van der Waals surface area contributed by atoms with E-state index in [0.717, 1.165) is 0 Å². The van der Waals surface area contributed by atoms with Crippen LogP contribution in [0.2, 0.25) is 5.02 Å². The van der Waals surface area contributed by atoms with Gasteiger partial charge in [-0.25, -0.2) is 0 Å². The second-order valence-electron chi connectivity index (χ2n) is 4.37. The van der Waals surface area contributed by atoms with E-state index in [1.807, 2.05) is 0 Å². The number of aliphatic hydroxyl groups is 1. The third-order valence-electron chi connectivity index (χ3n) is 2.68. The molecule has 4 heteroatoms. The van der Waals surface area contributed by atoms with E-state index in [4.69, 9.17) is 16.3 Å². The van der Waals surface area contributed by atoms with Crippen molar-refractivity contribution in [1.29, 1.82) is 0 Å². The van der Waals surface area contributed by atoms with Crippen LogP contribution in [0.1, 0.15) is 32.4 Å². The molecule has 1 rings (SSSR count). The molecule has 1 aromatic carbocycles. The van der Waals surface area contributed by atoms with Crippen LogP contribution in [-0.4, -0.2) is 17.7 Å². The minimum absolute atomic E-state index is 0.289. The van der Waals surface area contributed by atoms with Crippen LogP contribution in [0, 0.1) is 5.41 Å². The van der Waals surface area contributed by atoms with Gasteiger partial charge in [0.1, 0.15) is 0 Å². The van der Waals surface area contributed by atoms with Crippen LogP contribution in [-0.2, 0) is 9.53 Å². The zero-order chi connectivity index (χ0) is 13.1. The molecule has 94 valence electrons. The minimum Gasteiger partial charge on any atom is -0.465 e. The number of hydrogen-bond acceptors (Lipinski definition) is 3. The number of carbonyl (C=O) groups excluding carboxylic acids is 1. The Morgan fingerprint density at radius 3 is 2.59 bits per heavy atom. The van der Waals surface area contributed by atoms with Crippen molar-refractivity contribution in [2.45, 2.75) is 26.9 Å². The molecule has 0 fully saturated rings. The Balaban J connectivity index is 3.00. The first-order chi connectivity index (χ1) is 7.91. The highest BCUT2D eigenvalue weighted by molar-refractivity contribution is 6.31. The molecule has 0 amide bonds. The molecule has 0 aliphatic rings. The summed E-state index contributed by atoms with van der Waals surface area (Å²) in [6.07, 6.45) is -0.991. The second kappa shape index (κ2) is 5.52. The van der Waals surface area contributed by atoms with Crippen LogP contribution in [0.3, 0.4) is 0 Å². The second-order valence-corrected chi connectivity index (χ2v) is 4.77. The summed E-state index contributed by atoms with van der Waals surface area (Å²) in [5.74, 6) is -0.438. The molecule has 1 aromatic rings. The highest BCUT2D eigenvalue weighted by Crippen LogP contribution is 2.37. The van der Waals surface area contributed by atoms with Crippen molar-refractivity contribution in [3.8, 4) is 0 Å². The van der Waals surface area contributed by atoms with Gasteiger partial charge in [-0.1, -0.05) is 29.8 Å². The summed E-state index contributed by atoms with van der Waals surface area (Å²) in [7, 11) is 0. The largest absolute Gasteiger partial charge is 0.465 e. The van der Waals surface area contributed by atoms with Crippen molar-refractivity contribution >= 4 is 17.6 Å². The van der Waals surface area contributed by atoms with Crippen LogP contribution < -0.4 is 0 Å². The van der Waals surface area contributed by atoms with E-state index in [9.17, 15) is 9.90 Å². The minimum atomic E-state index is -1.03. The molecule has 1 atom stereocenters. The van der Waals surface area contributed by atoms with Gasteiger partial charge in [-0.2, -0.15) is 0 Å². The summed E-state index contributed by atoms with van der Waals surface area (Å²) in [6.45, 7) is 5.30. The van der Waals surface area contributed by atoms with Crippen molar-refractivity contribution in [2.75, 3.05) is 6.61 Å². The van der Waals surface area contributed by atoms with E-state index in [1.165, 1.54) is 0 Å². The van der Waals surface area contributed by atoms with Crippen LogP contribution in [0.5, 0.6) is 0 Å². The zero-order valence-electron chi connectivity index (χ0n) is 10.2. The van der Waals surface area contributed by atoms with Crippen molar-refractivity contribution < 1.29 is 14.6 Å². The first kappa shape index (κ1) is 14.0. The van der Waals surface area contributed by atoms with Gasteiger partial charge >= 0.3 is 5.97 Å². The summed E-state index contributed by atoms with van der Waals surface area (Å²) in [4.78, 5) is 11.8. The Bertz CT molecular complexity index is 401. The molecule has 1 N–H and O–H groups in total. The van der Waals surface area contributed by atoms with Crippen molar-refractivity contribution in [3.05, 3.63) is 34.9 Å². The van der Waals surface area contributed by atoms with Crippen LogP contribution >= 0.6 is 11.6 Å². The SMILES string of the molecule is CCOC(=O)C(C)(C)C(O)c1ccccc1Cl. The third kappa shape index (κ3) is 2.99. The normalized spacial score (nSPS) is 13.2. The van der Waals surface area contributed by atoms with Gasteiger partial charge in [0.15, 0.2) is 0 Å². The molecule has 0 saturated heterocycles. The van der Waals surface area contributed by atoms with Gasteiger partial charge in [0.25, 0.3) is 0 Å². The third-order valence-corrected chi connectivity index (χ3v) is 3.03. The van der Waals surface area contributed by atoms with E-state index in [2.05, 4.69) is 0 Å². The van der Waals surface area contributed by atoms with Crippen molar-refractivity contribution in [1.82, 2.24) is 0 Å². The average Bonchev–Trinajstić information content (AvgIpc) is 2.29. The Morgan fingerprint density at radius 1 is 1.47 bits per heavy atom. The number of halogens is 1. The number of aliphatic hydroxyl groups excluding tert-OH is 1. The number of hydrogen-bond donors (Lipinski definition) is 1. The fourth-order valence-corrected chi connectivity index (χ4v) is 1.75. The number of carbonyl (C=O) groups is 1. The van der Waals surface area contributed by atoms with Gasteiger partial charge in [-0.15, -0.1) is 0 Å². The first-order valence-corrected chi connectivity index (χ1v) is 5.88. The molecule has 0 spiro atoms. The lowest BCUT2D eigenvalue weighted by Crippen LogP contribution is -2.33. The molecule has 17 heavy (non-hydrogen) atoms. The lowest BCUT2D eigenvalue weighted by atomic mass is 9.82. The van der Waals surface area contributed by atoms with Crippen LogP contribution in [0.4, 0.5) is 0 Å². The molecule has 0 saturated carbocycles. The zero-order valence-corrected chi connectivity index (χ0v) is 11.0. The van der Waals surface area contributed by atoms with E-state index < -0.39 is 17.5 Å². The van der Waals surface area contributed by atoms with E-state index in [-0.39, 0.29) is 6.61 Å². The predicted molar refractivity (Wildman–Crippen MR) is 66.8 cm³/mol. The van der Waals surface area contributed by atoms with Crippen molar-refractivity contribution in [3.63, 3.8) is 0 Å². The topological polar surface area (TPSA) is 46.5 Å². The van der Waals surface area contributed by atoms with Gasteiger partial charge in [-0.3, -0.25) is 4.79 Å². The lowest BCUT2D eigenvalue weighted by molar-refractivity contribution is -0.160. The van der Waals surface area contributed by atoms with Gasteiger partial charge in [-0.05, 0) is 26.8 Å². The standard InChI is InChI=1S/C13H17ClO3/c1-4-17-12(16)13(2,3)11(15)9-7-5-6-8-10(9)14/h5-8,11,15H,4H2,1-3H3.